The van der Waals surface area contributed by atoms with Crippen LogP contribution in [0.5, 0.6) is 5.75 Å². The molecule has 0 radical (unpaired) electrons. The Kier molecular flexibility index (Phi) is 7.44. The van der Waals surface area contributed by atoms with Gasteiger partial charge in [-0.1, -0.05) is 73.0 Å². The molecule has 0 bridgehead atoms. The van der Waals surface area contributed by atoms with E-state index >= 15 is 0 Å². The summed E-state index contributed by atoms with van der Waals surface area (Å²) in [5.74, 6) is 1.00. The van der Waals surface area contributed by atoms with Crippen molar-refractivity contribution in [2.24, 2.45) is 5.10 Å². The number of aromatic nitrogens is 3. The minimum absolute atomic E-state index is 0.162. The maximum atomic E-state index is 12.5. The number of hydrogen-bond donors (Lipinski definition) is 2. The second-order valence-corrected chi connectivity index (χ2v) is 9.35. The summed E-state index contributed by atoms with van der Waals surface area (Å²) in [6.45, 7) is 3.86. The largest absolute Gasteiger partial charge is 0.508 e. The molecule has 0 saturated heterocycles. The summed E-state index contributed by atoms with van der Waals surface area (Å²) in [6, 6.07) is 15.5. The van der Waals surface area contributed by atoms with Gasteiger partial charge in [-0.2, -0.15) is 5.10 Å². The first-order chi connectivity index (χ1) is 16.0. The Bertz CT molecular complexity index is 1130. The summed E-state index contributed by atoms with van der Waals surface area (Å²) in [6.07, 6.45) is 5.86. The number of nitrogens with zero attached hydrogens (tertiary/aromatic N) is 4. The topological polar surface area (TPSA) is 92.4 Å². The first kappa shape index (κ1) is 23.0. The van der Waals surface area contributed by atoms with Gasteiger partial charge in [-0.15, -0.1) is 10.2 Å². The van der Waals surface area contributed by atoms with Crippen molar-refractivity contribution < 1.29 is 9.90 Å². The van der Waals surface area contributed by atoms with Gasteiger partial charge in [0, 0.05) is 17.2 Å². The van der Waals surface area contributed by atoms with Crippen molar-refractivity contribution in [3.8, 4) is 17.1 Å². The molecule has 3 aromatic rings. The fourth-order valence-corrected chi connectivity index (χ4v) is 4.85. The number of nitrogens with one attached hydrogen (secondary N) is 1. The van der Waals surface area contributed by atoms with Gasteiger partial charge in [0.15, 0.2) is 11.0 Å². The average molecular weight is 464 g/mol. The van der Waals surface area contributed by atoms with Crippen molar-refractivity contribution in [1.29, 1.82) is 0 Å². The fraction of sp³-hybridized carbons (Fsp3) is 0.360. The zero-order valence-corrected chi connectivity index (χ0v) is 19.8. The molecule has 1 saturated carbocycles. The molecule has 172 valence electrons. The van der Waals surface area contributed by atoms with E-state index in [2.05, 4.69) is 56.5 Å². The van der Waals surface area contributed by atoms with Crippen LogP contribution in [0.3, 0.4) is 0 Å². The molecule has 33 heavy (non-hydrogen) atoms. The molecule has 0 unspecified atom stereocenters. The van der Waals surface area contributed by atoms with Crippen molar-refractivity contribution in [2.75, 3.05) is 5.75 Å². The zero-order chi connectivity index (χ0) is 23.2. The molecule has 1 heterocycles. The molecule has 4 rings (SSSR count). The van der Waals surface area contributed by atoms with E-state index in [4.69, 9.17) is 0 Å². The lowest BCUT2D eigenvalue weighted by molar-refractivity contribution is -0.118. The Morgan fingerprint density at radius 3 is 2.64 bits per heavy atom. The molecule has 0 atom stereocenters. The van der Waals surface area contributed by atoms with Gasteiger partial charge in [-0.3, -0.25) is 9.36 Å². The van der Waals surface area contributed by atoms with Crippen LogP contribution in [0.1, 0.15) is 56.2 Å². The second-order valence-electron chi connectivity index (χ2n) is 8.41. The molecule has 1 amide bonds. The van der Waals surface area contributed by atoms with E-state index < -0.39 is 0 Å². The van der Waals surface area contributed by atoms with Crippen molar-refractivity contribution in [1.82, 2.24) is 20.2 Å². The minimum Gasteiger partial charge on any atom is -0.508 e. The normalized spacial score (nSPS) is 14.9. The highest BCUT2D eigenvalue weighted by Crippen LogP contribution is 2.35. The van der Waals surface area contributed by atoms with E-state index in [0.29, 0.717) is 11.8 Å². The Morgan fingerprint density at radius 2 is 1.91 bits per heavy atom. The van der Waals surface area contributed by atoms with Gasteiger partial charge in [0.1, 0.15) is 5.75 Å². The number of amides is 1. The number of phenols is 1. The third-order valence-electron chi connectivity index (χ3n) is 5.86. The van der Waals surface area contributed by atoms with Crippen LogP contribution in [0.4, 0.5) is 0 Å². The maximum Gasteiger partial charge on any atom is 0.250 e. The van der Waals surface area contributed by atoms with Crippen LogP contribution < -0.4 is 5.43 Å². The summed E-state index contributed by atoms with van der Waals surface area (Å²) < 4.78 is 2.23. The predicted molar refractivity (Wildman–Crippen MR) is 132 cm³/mol. The molecule has 0 aliphatic heterocycles. The number of phenolic OH excluding ortho intramolecular Hbond substituents is 1. The highest BCUT2D eigenvalue weighted by molar-refractivity contribution is 7.99. The first-order valence-electron chi connectivity index (χ1n) is 11.3. The quantitative estimate of drug-likeness (QED) is 0.289. The van der Waals surface area contributed by atoms with Crippen LogP contribution in [-0.2, 0) is 4.79 Å². The van der Waals surface area contributed by atoms with E-state index in [1.165, 1.54) is 36.6 Å². The number of hydrazone groups is 1. The van der Waals surface area contributed by atoms with Crippen LogP contribution in [0, 0.1) is 6.92 Å². The first-order valence-corrected chi connectivity index (χ1v) is 12.3. The monoisotopic (exact) mass is 463 g/mol. The average Bonchev–Trinajstić information content (AvgIpc) is 3.26. The van der Waals surface area contributed by atoms with Crippen LogP contribution in [0.15, 0.2) is 58.8 Å². The van der Waals surface area contributed by atoms with Crippen molar-refractivity contribution in [2.45, 2.75) is 57.1 Å². The fourth-order valence-electron chi connectivity index (χ4n) is 4.05. The van der Waals surface area contributed by atoms with Crippen LogP contribution >= 0.6 is 11.8 Å². The summed E-state index contributed by atoms with van der Waals surface area (Å²) in [4.78, 5) is 12.5. The van der Waals surface area contributed by atoms with E-state index in [9.17, 15) is 9.90 Å². The van der Waals surface area contributed by atoms with Gasteiger partial charge in [-0.05, 0) is 38.8 Å². The van der Waals surface area contributed by atoms with Crippen molar-refractivity contribution in [3.05, 3.63) is 59.7 Å². The van der Waals surface area contributed by atoms with Gasteiger partial charge in [0.2, 0.25) is 0 Å². The van der Waals surface area contributed by atoms with E-state index in [0.717, 1.165) is 34.9 Å². The summed E-state index contributed by atoms with van der Waals surface area (Å²) >= 11 is 1.39. The highest BCUT2D eigenvalue weighted by atomic mass is 32.2. The van der Waals surface area contributed by atoms with Crippen LogP contribution in [0.2, 0.25) is 0 Å². The van der Waals surface area contributed by atoms with E-state index in [-0.39, 0.29) is 17.4 Å². The Labute approximate surface area is 198 Å². The minimum atomic E-state index is -0.213. The highest BCUT2D eigenvalue weighted by Gasteiger charge is 2.24. The molecule has 2 aromatic carbocycles. The van der Waals surface area contributed by atoms with E-state index in [1.54, 1.807) is 25.1 Å². The second kappa shape index (κ2) is 10.7. The Hall–Kier alpha value is -3.13. The molecule has 1 aliphatic rings. The van der Waals surface area contributed by atoms with Gasteiger partial charge < -0.3 is 5.11 Å². The van der Waals surface area contributed by atoms with Crippen molar-refractivity contribution in [3.63, 3.8) is 0 Å². The van der Waals surface area contributed by atoms with Gasteiger partial charge in [0.25, 0.3) is 5.91 Å². The number of aromatic hydroxyl groups is 1. The van der Waals surface area contributed by atoms with Gasteiger partial charge in [0.05, 0.1) is 11.5 Å². The zero-order valence-electron chi connectivity index (χ0n) is 19.0. The molecular weight excluding hydrogens is 434 g/mol. The smallest absolute Gasteiger partial charge is 0.250 e. The maximum absolute atomic E-state index is 12.5. The number of benzene rings is 2. The molecule has 8 heteroatoms. The molecule has 2 N–H and O–H groups in total. The number of rotatable bonds is 7. The third-order valence-corrected chi connectivity index (χ3v) is 6.80. The van der Waals surface area contributed by atoms with Gasteiger partial charge >= 0.3 is 0 Å². The Morgan fingerprint density at radius 1 is 1.15 bits per heavy atom. The number of hydrogen-bond acceptors (Lipinski definition) is 6. The number of aryl methyl sites for hydroxylation is 1. The van der Waals surface area contributed by atoms with Crippen LogP contribution in [0.25, 0.3) is 11.4 Å². The molecule has 0 spiro atoms. The number of carbonyl (C=O) groups is 1. The lowest BCUT2D eigenvalue weighted by Gasteiger charge is -2.25. The SMILES string of the molecule is CC(=NNC(=O)CSc1nnc(-c2ccc(C)cc2)n1C1CCCCC1)c1cccc(O)c1. The van der Waals surface area contributed by atoms with Crippen LogP contribution in [-0.4, -0.2) is 37.2 Å². The molecule has 1 aliphatic carbocycles. The van der Waals surface area contributed by atoms with E-state index in [1.807, 2.05) is 6.07 Å². The lowest BCUT2D eigenvalue weighted by atomic mass is 9.95. The molecule has 7 nitrogen and oxygen atoms in total. The predicted octanol–water partition coefficient (Wildman–Crippen LogP) is 5.10. The molecular formula is C25H29N5O2S. The standard InChI is InChI=1S/C25H29N5O2S/c1-17-11-13-19(14-12-17)24-28-29-25(30(24)21-8-4-3-5-9-21)33-16-23(32)27-26-18(2)20-7-6-10-22(31)15-20/h6-7,10-15,21,31H,3-5,8-9,16H2,1-2H3,(H,27,32). The summed E-state index contributed by atoms with van der Waals surface area (Å²) in [7, 11) is 0. The number of carbonyl (C=O) groups excluding carboxylic acids is 1. The third kappa shape index (κ3) is 5.82. The Balaban J connectivity index is 1.47. The molecule has 1 aromatic heterocycles. The molecule has 1 fully saturated rings. The summed E-state index contributed by atoms with van der Waals surface area (Å²) in [5, 5.41) is 23.5. The lowest BCUT2D eigenvalue weighted by Crippen LogP contribution is -2.22. The van der Waals surface area contributed by atoms with Crippen molar-refractivity contribution >= 4 is 23.4 Å². The number of thioether (sulfide) groups is 1. The summed E-state index contributed by atoms with van der Waals surface area (Å²) in [5.41, 5.74) is 6.22. The van der Waals surface area contributed by atoms with Gasteiger partial charge in [-0.25, -0.2) is 5.43 Å².